The van der Waals surface area contributed by atoms with Crippen molar-refractivity contribution in [3.8, 4) is 17.5 Å². The third-order valence-electron chi connectivity index (χ3n) is 5.23. The third kappa shape index (κ3) is 4.07. The Morgan fingerprint density at radius 1 is 1.27 bits per heavy atom. The first-order valence-electron chi connectivity index (χ1n) is 9.75. The number of aromatic amines is 1. The van der Waals surface area contributed by atoms with Crippen LogP contribution < -0.4 is 16.6 Å². The molecule has 4 rings (SSSR count). The number of pyridine rings is 1. The number of benzene rings is 1. The fourth-order valence-electron chi connectivity index (χ4n) is 3.69. The molecular weight excluding hydrogens is 382 g/mol. The summed E-state index contributed by atoms with van der Waals surface area (Å²) in [5, 5.41) is 16.6. The Balaban J connectivity index is 1.61. The van der Waals surface area contributed by atoms with Crippen molar-refractivity contribution < 1.29 is 4.52 Å². The van der Waals surface area contributed by atoms with E-state index in [1.54, 1.807) is 36.5 Å². The first-order chi connectivity index (χ1) is 14.7. The maximum absolute atomic E-state index is 12.5. The van der Waals surface area contributed by atoms with E-state index in [-0.39, 0.29) is 28.9 Å². The number of nitrogens with one attached hydrogen (secondary N) is 2. The molecule has 0 amide bonds. The van der Waals surface area contributed by atoms with Crippen molar-refractivity contribution in [2.24, 2.45) is 16.6 Å². The van der Waals surface area contributed by atoms with E-state index in [0.29, 0.717) is 17.2 Å². The van der Waals surface area contributed by atoms with Crippen LogP contribution in [0.5, 0.6) is 0 Å². The van der Waals surface area contributed by atoms with Crippen molar-refractivity contribution in [1.29, 1.82) is 5.26 Å². The molecule has 0 radical (unpaired) electrons. The average molecular weight is 403 g/mol. The van der Waals surface area contributed by atoms with Crippen LogP contribution in [0, 0.1) is 17.2 Å². The zero-order valence-corrected chi connectivity index (χ0v) is 16.2. The summed E-state index contributed by atoms with van der Waals surface area (Å²) in [5.41, 5.74) is 8.09. The van der Waals surface area contributed by atoms with Crippen LogP contribution in [0.4, 0.5) is 11.4 Å². The van der Waals surface area contributed by atoms with Gasteiger partial charge < -0.3 is 20.6 Å². The van der Waals surface area contributed by atoms with Crippen LogP contribution in [0.3, 0.4) is 0 Å². The molecule has 3 aromatic rings. The normalized spacial score (nSPS) is 19.2. The number of nitrogens with two attached hydrogens (primary N) is 1. The summed E-state index contributed by atoms with van der Waals surface area (Å²) in [5.74, 6) is 0.474. The summed E-state index contributed by atoms with van der Waals surface area (Å²) in [6.45, 7) is 0. The number of nitriles is 1. The molecule has 1 saturated carbocycles. The number of rotatable bonds is 5. The summed E-state index contributed by atoms with van der Waals surface area (Å²) >= 11 is 0. The van der Waals surface area contributed by atoms with E-state index in [1.165, 1.54) is 6.39 Å². The average Bonchev–Trinajstić information content (AvgIpc) is 3.29. The molecule has 1 aliphatic rings. The molecule has 0 spiro atoms. The van der Waals surface area contributed by atoms with Gasteiger partial charge in [-0.25, -0.2) is 4.99 Å². The number of hydrogen-bond donors (Lipinski definition) is 3. The van der Waals surface area contributed by atoms with Crippen LogP contribution in [0.15, 0.2) is 57.2 Å². The summed E-state index contributed by atoms with van der Waals surface area (Å²) in [6, 6.07) is 11.2. The minimum Gasteiger partial charge on any atom is -0.383 e. The number of aromatic nitrogens is 3. The van der Waals surface area contributed by atoms with E-state index in [1.807, 2.05) is 0 Å². The zero-order chi connectivity index (χ0) is 20.9. The highest BCUT2D eigenvalue weighted by molar-refractivity contribution is 6.03. The fraction of sp³-hybridized carbons (Fsp3) is 0.286. The van der Waals surface area contributed by atoms with Gasteiger partial charge >= 0.3 is 0 Å². The molecule has 1 aromatic carbocycles. The summed E-state index contributed by atoms with van der Waals surface area (Å²) in [4.78, 5) is 23.6. The molecule has 2 heterocycles. The number of hydrogen-bond acceptors (Lipinski definition) is 7. The molecule has 0 aliphatic heterocycles. The van der Waals surface area contributed by atoms with E-state index in [9.17, 15) is 10.1 Å². The molecule has 1 unspecified atom stereocenters. The van der Waals surface area contributed by atoms with E-state index in [0.717, 1.165) is 31.2 Å². The number of aliphatic imine (C=N–C) groups is 1. The Kier molecular flexibility index (Phi) is 5.57. The van der Waals surface area contributed by atoms with Crippen LogP contribution in [0.1, 0.15) is 31.2 Å². The number of nitrogens with zero attached hydrogens (tertiary/aromatic N) is 4. The van der Waals surface area contributed by atoms with E-state index in [4.69, 9.17) is 10.3 Å². The van der Waals surface area contributed by atoms with Gasteiger partial charge in [0.25, 0.3) is 5.56 Å². The molecule has 0 saturated heterocycles. The van der Waals surface area contributed by atoms with Crippen LogP contribution in [-0.4, -0.2) is 27.0 Å². The van der Waals surface area contributed by atoms with Crippen molar-refractivity contribution in [2.45, 2.75) is 31.7 Å². The standard InChI is InChI=1S/C21H21N7O2/c22-11-14-3-1-2-4-16(14)27-17-9-10-24-21(29)18(17)19(23)26-15-7-5-13(6-8-15)20-25-12-30-28-20/h5-10,12,14,16H,1-4H2,(H2,23,26)(H2,24,27,29)/t14-,16?/m1/s1. The highest BCUT2D eigenvalue weighted by atomic mass is 16.5. The van der Waals surface area contributed by atoms with Crippen molar-refractivity contribution in [3.05, 3.63) is 58.8 Å². The molecule has 1 fully saturated rings. The molecule has 4 N–H and O–H groups in total. The fourth-order valence-corrected chi connectivity index (χ4v) is 3.69. The SMILES string of the molecule is N#C[C@H]1CCCCC1Nc1cc[nH]c(=O)c1C(N)=Nc1ccc(-c2ncon2)cc1. The van der Waals surface area contributed by atoms with Gasteiger partial charge in [-0.3, -0.25) is 4.79 Å². The topological polar surface area (TPSA) is 146 Å². The maximum Gasteiger partial charge on any atom is 0.261 e. The minimum atomic E-state index is -0.339. The van der Waals surface area contributed by atoms with Gasteiger partial charge in [-0.1, -0.05) is 18.0 Å². The lowest BCUT2D eigenvalue weighted by Gasteiger charge is -2.29. The van der Waals surface area contributed by atoms with Gasteiger partial charge in [-0.15, -0.1) is 0 Å². The lowest BCUT2D eigenvalue weighted by Crippen LogP contribution is -2.34. The van der Waals surface area contributed by atoms with Crippen molar-refractivity contribution in [1.82, 2.24) is 15.1 Å². The van der Waals surface area contributed by atoms with Gasteiger partial charge in [0.2, 0.25) is 12.2 Å². The largest absolute Gasteiger partial charge is 0.383 e. The minimum absolute atomic E-state index is 0.0219. The molecule has 9 heteroatoms. The predicted molar refractivity (Wildman–Crippen MR) is 112 cm³/mol. The summed E-state index contributed by atoms with van der Waals surface area (Å²) in [7, 11) is 0. The number of anilines is 1. The first kappa shape index (κ1) is 19.4. The third-order valence-corrected chi connectivity index (χ3v) is 5.23. The molecule has 152 valence electrons. The highest BCUT2D eigenvalue weighted by Crippen LogP contribution is 2.27. The van der Waals surface area contributed by atoms with Gasteiger partial charge in [-0.05, 0) is 43.2 Å². The Bertz CT molecular complexity index is 1130. The van der Waals surface area contributed by atoms with Gasteiger partial charge in [-0.2, -0.15) is 10.2 Å². The van der Waals surface area contributed by atoms with Crippen LogP contribution in [0.2, 0.25) is 0 Å². The number of amidine groups is 1. The second kappa shape index (κ2) is 8.61. The van der Waals surface area contributed by atoms with Crippen LogP contribution >= 0.6 is 0 Å². The van der Waals surface area contributed by atoms with Gasteiger partial charge in [0.05, 0.1) is 23.4 Å². The van der Waals surface area contributed by atoms with E-state index in [2.05, 4.69) is 31.5 Å². The van der Waals surface area contributed by atoms with Gasteiger partial charge in [0, 0.05) is 17.8 Å². The second-order valence-corrected chi connectivity index (χ2v) is 7.17. The molecule has 2 aromatic heterocycles. The first-order valence-corrected chi connectivity index (χ1v) is 9.75. The molecular formula is C21H21N7O2. The molecule has 2 atom stereocenters. The van der Waals surface area contributed by atoms with E-state index < -0.39 is 0 Å². The quantitative estimate of drug-likeness (QED) is 0.438. The predicted octanol–water partition coefficient (Wildman–Crippen LogP) is 2.96. The van der Waals surface area contributed by atoms with Gasteiger partial charge in [0.15, 0.2) is 0 Å². The second-order valence-electron chi connectivity index (χ2n) is 7.17. The molecule has 30 heavy (non-hydrogen) atoms. The summed E-state index contributed by atoms with van der Waals surface area (Å²) in [6.07, 6.45) is 6.64. The zero-order valence-electron chi connectivity index (χ0n) is 16.2. The number of H-pyrrole nitrogens is 1. The Morgan fingerprint density at radius 2 is 2.07 bits per heavy atom. The maximum atomic E-state index is 12.5. The smallest absolute Gasteiger partial charge is 0.261 e. The highest BCUT2D eigenvalue weighted by Gasteiger charge is 2.26. The monoisotopic (exact) mass is 403 g/mol. The van der Waals surface area contributed by atoms with Gasteiger partial charge in [0.1, 0.15) is 11.4 Å². The lowest BCUT2D eigenvalue weighted by molar-refractivity contribution is 0.388. The Labute approximate surface area is 172 Å². The van der Waals surface area contributed by atoms with Crippen LogP contribution in [-0.2, 0) is 0 Å². The van der Waals surface area contributed by atoms with Crippen molar-refractivity contribution in [2.75, 3.05) is 5.32 Å². The molecule has 9 nitrogen and oxygen atoms in total. The Morgan fingerprint density at radius 3 is 2.80 bits per heavy atom. The van der Waals surface area contributed by atoms with Crippen molar-refractivity contribution >= 4 is 17.2 Å². The lowest BCUT2D eigenvalue weighted by atomic mass is 9.85. The molecule has 0 bridgehead atoms. The summed E-state index contributed by atoms with van der Waals surface area (Å²) < 4.78 is 4.75. The van der Waals surface area contributed by atoms with E-state index >= 15 is 0 Å². The van der Waals surface area contributed by atoms with Crippen LogP contribution in [0.25, 0.3) is 11.4 Å². The Hall–Kier alpha value is -3.93. The molecule has 1 aliphatic carbocycles. The van der Waals surface area contributed by atoms with Crippen molar-refractivity contribution in [3.63, 3.8) is 0 Å².